The van der Waals surface area contributed by atoms with Crippen LogP contribution in [0.25, 0.3) is 0 Å². The maximum Gasteiger partial charge on any atom is 0.173 e. The zero-order valence-electron chi connectivity index (χ0n) is 11.8. The molecule has 0 saturated heterocycles. The van der Waals surface area contributed by atoms with Gasteiger partial charge in [0, 0.05) is 10.5 Å². The molecule has 0 radical (unpaired) electrons. The molecule has 2 aromatic carbocycles. The Labute approximate surface area is 124 Å². The van der Waals surface area contributed by atoms with Crippen molar-refractivity contribution in [1.29, 1.82) is 0 Å². The third-order valence-corrected chi connectivity index (χ3v) is 3.82. The van der Waals surface area contributed by atoms with E-state index in [9.17, 15) is 4.79 Å². The number of hydrogen-bond acceptors (Lipinski definition) is 3. The van der Waals surface area contributed by atoms with E-state index >= 15 is 0 Å². The molecule has 2 rings (SSSR count). The summed E-state index contributed by atoms with van der Waals surface area (Å²) in [5.74, 6) is 1.32. The lowest BCUT2D eigenvalue weighted by molar-refractivity contribution is 0.102. The standard InChI is InChI=1S/C17H18O2S/c1-3-19-15-8-5-7-14(11-15)17(18)12-20-16-9-4-6-13(2)10-16/h4-11H,3,12H2,1-2H3. The fourth-order valence-electron chi connectivity index (χ4n) is 1.86. The van der Waals surface area contributed by atoms with Crippen LogP contribution in [0, 0.1) is 6.92 Å². The molecule has 0 aliphatic heterocycles. The molecule has 20 heavy (non-hydrogen) atoms. The van der Waals surface area contributed by atoms with E-state index in [2.05, 4.69) is 19.1 Å². The molecular formula is C17H18O2S. The van der Waals surface area contributed by atoms with E-state index in [0.29, 0.717) is 17.9 Å². The van der Waals surface area contributed by atoms with E-state index in [1.54, 1.807) is 11.8 Å². The molecule has 2 aromatic rings. The molecule has 104 valence electrons. The van der Waals surface area contributed by atoms with Crippen molar-refractivity contribution in [3.8, 4) is 5.75 Å². The van der Waals surface area contributed by atoms with E-state index < -0.39 is 0 Å². The summed E-state index contributed by atoms with van der Waals surface area (Å²) in [7, 11) is 0. The molecule has 3 heteroatoms. The topological polar surface area (TPSA) is 26.3 Å². The average Bonchev–Trinajstić information content (AvgIpc) is 2.45. The van der Waals surface area contributed by atoms with Gasteiger partial charge in [-0.2, -0.15) is 0 Å². The number of rotatable bonds is 6. The Bertz CT molecular complexity index is 593. The average molecular weight is 286 g/mol. The van der Waals surface area contributed by atoms with Gasteiger partial charge in [-0.15, -0.1) is 11.8 Å². The molecule has 0 aromatic heterocycles. The van der Waals surface area contributed by atoms with Gasteiger partial charge in [0.15, 0.2) is 5.78 Å². The summed E-state index contributed by atoms with van der Waals surface area (Å²) < 4.78 is 5.42. The van der Waals surface area contributed by atoms with Gasteiger partial charge in [-0.25, -0.2) is 0 Å². The normalized spacial score (nSPS) is 10.3. The van der Waals surface area contributed by atoms with Gasteiger partial charge in [-0.3, -0.25) is 4.79 Å². The number of hydrogen-bond donors (Lipinski definition) is 0. The molecule has 0 amide bonds. The molecule has 0 aliphatic carbocycles. The first-order chi connectivity index (χ1) is 9.69. The Kier molecular flexibility index (Phi) is 5.24. The molecule has 2 nitrogen and oxygen atoms in total. The Hall–Kier alpha value is -1.74. The van der Waals surface area contributed by atoms with Gasteiger partial charge in [-0.1, -0.05) is 29.8 Å². The molecule has 0 aliphatic rings. The zero-order valence-corrected chi connectivity index (χ0v) is 12.6. The highest BCUT2D eigenvalue weighted by molar-refractivity contribution is 8.00. The Morgan fingerprint density at radius 3 is 2.70 bits per heavy atom. The van der Waals surface area contributed by atoms with Crippen molar-refractivity contribution >= 4 is 17.5 Å². The number of thioether (sulfide) groups is 1. The van der Waals surface area contributed by atoms with Crippen molar-refractivity contribution in [3.63, 3.8) is 0 Å². The summed E-state index contributed by atoms with van der Waals surface area (Å²) in [6.45, 7) is 4.59. The van der Waals surface area contributed by atoms with Crippen LogP contribution in [-0.4, -0.2) is 18.1 Å². The van der Waals surface area contributed by atoms with Crippen molar-refractivity contribution in [1.82, 2.24) is 0 Å². The summed E-state index contributed by atoms with van der Waals surface area (Å²) in [6, 6.07) is 15.6. The van der Waals surface area contributed by atoms with E-state index in [1.807, 2.05) is 43.3 Å². The quantitative estimate of drug-likeness (QED) is 0.582. The maximum absolute atomic E-state index is 12.2. The molecular weight excluding hydrogens is 268 g/mol. The minimum absolute atomic E-state index is 0.123. The van der Waals surface area contributed by atoms with Gasteiger partial charge in [0.2, 0.25) is 0 Å². The van der Waals surface area contributed by atoms with Crippen LogP contribution in [0.2, 0.25) is 0 Å². The van der Waals surface area contributed by atoms with Crippen molar-refractivity contribution in [3.05, 3.63) is 59.7 Å². The van der Waals surface area contributed by atoms with Crippen LogP contribution in [-0.2, 0) is 0 Å². The molecule has 0 spiro atoms. The SMILES string of the molecule is CCOc1cccc(C(=O)CSc2cccc(C)c2)c1. The smallest absolute Gasteiger partial charge is 0.173 e. The van der Waals surface area contributed by atoms with Gasteiger partial charge in [0.25, 0.3) is 0 Å². The lowest BCUT2D eigenvalue weighted by Crippen LogP contribution is -2.03. The van der Waals surface area contributed by atoms with Gasteiger partial charge in [0.1, 0.15) is 5.75 Å². The van der Waals surface area contributed by atoms with Crippen LogP contribution < -0.4 is 4.74 Å². The zero-order chi connectivity index (χ0) is 14.4. The summed E-state index contributed by atoms with van der Waals surface area (Å²) >= 11 is 1.57. The molecule has 0 N–H and O–H groups in total. The maximum atomic E-state index is 12.2. The van der Waals surface area contributed by atoms with E-state index in [1.165, 1.54) is 5.56 Å². The highest BCUT2D eigenvalue weighted by Crippen LogP contribution is 2.21. The molecule has 0 saturated carbocycles. The Morgan fingerprint density at radius 1 is 1.15 bits per heavy atom. The molecule has 0 unspecified atom stereocenters. The highest BCUT2D eigenvalue weighted by Gasteiger charge is 2.08. The monoisotopic (exact) mass is 286 g/mol. The van der Waals surface area contributed by atoms with Crippen molar-refractivity contribution in [2.45, 2.75) is 18.7 Å². The van der Waals surface area contributed by atoms with Gasteiger partial charge < -0.3 is 4.74 Å². The van der Waals surface area contributed by atoms with Crippen LogP contribution in [0.4, 0.5) is 0 Å². The number of benzene rings is 2. The summed E-state index contributed by atoms with van der Waals surface area (Å²) in [5.41, 5.74) is 1.91. The van der Waals surface area contributed by atoms with Crippen molar-refractivity contribution in [2.75, 3.05) is 12.4 Å². The largest absolute Gasteiger partial charge is 0.494 e. The molecule has 0 heterocycles. The van der Waals surface area contributed by atoms with Crippen molar-refractivity contribution in [2.24, 2.45) is 0 Å². The number of carbonyl (C=O) groups is 1. The van der Waals surface area contributed by atoms with Crippen LogP contribution in [0.1, 0.15) is 22.8 Å². The van der Waals surface area contributed by atoms with Crippen LogP contribution >= 0.6 is 11.8 Å². The third-order valence-electron chi connectivity index (χ3n) is 2.83. The molecule has 0 fully saturated rings. The second kappa shape index (κ2) is 7.15. The predicted octanol–water partition coefficient (Wildman–Crippen LogP) is 4.37. The van der Waals surface area contributed by atoms with Crippen LogP contribution in [0.15, 0.2) is 53.4 Å². The van der Waals surface area contributed by atoms with E-state index in [4.69, 9.17) is 4.74 Å². The second-order valence-electron chi connectivity index (χ2n) is 4.49. The first-order valence-corrected chi connectivity index (χ1v) is 7.63. The first kappa shape index (κ1) is 14.7. The number of carbonyl (C=O) groups excluding carboxylic acids is 1. The lowest BCUT2D eigenvalue weighted by Gasteiger charge is -2.06. The number of Topliss-reactive ketones (excluding diaryl/α,β-unsaturated/α-hetero) is 1. The highest BCUT2D eigenvalue weighted by atomic mass is 32.2. The van der Waals surface area contributed by atoms with Gasteiger partial charge in [-0.05, 0) is 38.1 Å². The first-order valence-electron chi connectivity index (χ1n) is 6.64. The molecule has 0 bridgehead atoms. The minimum atomic E-state index is 0.123. The van der Waals surface area contributed by atoms with E-state index in [0.717, 1.165) is 10.6 Å². The van der Waals surface area contributed by atoms with Crippen LogP contribution in [0.5, 0.6) is 5.75 Å². The number of aryl methyl sites for hydroxylation is 1. The minimum Gasteiger partial charge on any atom is -0.494 e. The Balaban J connectivity index is 1.99. The fraction of sp³-hybridized carbons (Fsp3) is 0.235. The number of ketones is 1. The number of ether oxygens (including phenoxy) is 1. The van der Waals surface area contributed by atoms with Crippen LogP contribution in [0.3, 0.4) is 0 Å². The fourth-order valence-corrected chi connectivity index (χ4v) is 2.77. The van der Waals surface area contributed by atoms with Gasteiger partial charge in [0.05, 0.1) is 12.4 Å². The molecule has 0 atom stereocenters. The second-order valence-corrected chi connectivity index (χ2v) is 5.54. The van der Waals surface area contributed by atoms with Gasteiger partial charge >= 0.3 is 0 Å². The lowest BCUT2D eigenvalue weighted by atomic mass is 10.1. The predicted molar refractivity (Wildman–Crippen MR) is 83.8 cm³/mol. The summed E-state index contributed by atoms with van der Waals surface area (Å²) in [6.07, 6.45) is 0. The van der Waals surface area contributed by atoms with E-state index in [-0.39, 0.29) is 5.78 Å². The Morgan fingerprint density at radius 2 is 1.95 bits per heavy atom. The third kappa shape index (κ3) is 4.14. The van der Waals surface area contributed by atoms with Crippen molar-refractivity contribution < 1.29 is 9.53 Å². The summed E-state index contributed by atoms with van der Waals surface area (Å²) in [5, 5.41) is 0. The summed E-state index contributed by atoms with van der Waals surface area (Å²) in [4.78, 5) is 13.3.